The summed E-state index contributed by atoms with van der Waals surface area (Å²) in [6.45, 7) is 5.81. The minimum absolute atomic E-state index is 0. The molecule has 1 aliphatic rings. The summed E-state index contributed by atoms with van der Waals surface area (Å²) >= 11 is 0. The van der Waals surface area contributed by atoms with Crippen molar-refractivity contribution in [3.8, 4) is 5.75 Å². The lowest BCUT2D eigenvalue weighted by Gasteiger charge is -2.37. The minimum atomic E-state index is 0. The van der Waals surface area contributed by atoms with E-state index in [9.17, 15) is 0 Å². The number of hydrogen-bond donors (Lipinski definition) is 1. The molecule has 0 bridgehead atoms. The fourth-order valence-corrected chi connectivity index (χ4v) is 3.32. The molecule has 6 nitrogen and oxygen atoms in total. The van der Waals surface area contributed by atoms with Crippen LogP contribution in [0.25, 0.3) is 0 Å². The maximum absolute atomic E-state index is 5.74. The SMILES string of the molecule is CN=C(NCCOCc1ccccc1)N1CCN(c2cccc(OC)c2)CC1.I. The maximum Gasteiger partial charge on any atom is 0.193 e. The van der Waals surface area contributed by atoms with Crippen LogP contribution in [0.4, 0.5) is 5.69 Å². The van der Waals surface area contributed by atoms with Crippen molar-refractivity contribution in [3.05, 3.63) is 60.2 Å². The number of guanidine groups is 1. The van der Waals surface area contributed by atoms with E-state index in [0.29, 0.717) is 13.2 Å². The monoisotopic (exact) mass is 510 g/mol. The van der Waals surface area contributed by atoms with Crippen LogP contribution < -0.4 is 15.0 Å². The fourth-order valence-electron chi connectivity index (χ4n) is 3.32. The Morgan fingerprint density at radius 3 is 2.48 bits per heavy atom. The first kappa shape index (κ1) is 23.3. The first-order valence-corrected chi connectivity index (χ1v) is 9.76. The number of halogens is 1. The standard InChI is InChI=1S/C22H30N4O2.HI/c1-23-22(24-11-16-28-18-19-7-4-3-5-8-19)26-14-12-25(13-15-26)20-9-6-10-21(17-20)27-2;/h3-10,17H,11-16,18H2,1-2H3,(H,23,24);1H. The molecule has 1 aliphatic heterocycles. The van der Waals surface area contributed by atoms with Gasteiger partial charge in [-0.25, -0.2) is 0 Å². The molecule has 2 aromatic carbocycles. The van der Waals surface area contributed by atoms with Gasteiger partial charge in [0.15, 0.2) is 5.96 Å². The molecule has 3 rings (SSSR count). The lowest BCUT2D eigenvalue weighted by molar-refractivity contribution is 0.125. The zero-order valence-corrected chi connectivity index (χ0v) is 19.5. The zero-order chi connectivity index (χ0) is 19.6. The van der Waals surface area contributed by atoms with Crippen molar-refractivity contribution in [1.29, 1.82) is 0 Å². The molecule has 0 amide bonds. The van der Waals surface area contributed by atoms with Crippen molar-refractivity contribution >= 4 is 35.6 Å². The van der Waals surface area contributed by atoms with E-state index in [1.165, 1.54) is 11.3 Å². The Bertz CT molecular complexity index is 749. The average Bonchev–Trinajstić information content (AvgIpc) is 2.77. The summed E-state index contributed by atoms with van der Waals surface area (Å²) < 4.78 is 11.1. The largest absolute Gasteiger partial charge is 0.497 e. The van der Waals surface area contributed by atoms with Crippen LogP contribution in [0.2, 0.25) is 0 Å². The molecule has 158 valence electrons. The summed E-state index contributed by atoms with van der Waals surface area (Å²) in [5.74, 6) is 1.83. The molecule has 0 radical (unpaired) electrons. The van der Waals surface area contributed by atoms with E-state index in [1.807, 2.05) is 37.4 Å². The predicted molar refractivity (Wildman–Crippen MR) is 130 cm³/mol. The number of ether oxygens (including phenoxy) is 2. The minimum Gasteiger partial charge on any atom is -0.497 e. The third-order valence-electron chi connectivity index (χ3n) is 4.85. The highest BCUT2D eigenvalue weighted by atomic mass is 127. The number of methoxy groups -OCH3 is 1. The molecule has 0 atom stereocenters. The van der Waals surface area contributed by atoms with Crippen LogP contribution in [0.5, 0.6) is 5.75 Å². The molecule has 7 heteroatoms. The van der Waals surface area contributed by atoms with Gasteiger partial charge in [-0.3, -0.25) is 4.99 Å². The van der Waals surface area contributed by atoms with Gasteiger partial charge in [-0.1, -0.05) is 36.4 Å². The molecule has 0 unspecified atom stereocenters. The van der Waals surface area contributed by atoms with E-state index in [0.717, 1.165) is 44.4 Å². The van der Waals surface area contributed by atoms with Gasteiger partial charge < -0.3 is 24.6 Å². The summed E-state index contributed by atoms with van der Waals surface area (Å²) in [5.41, 5.74) is 2.40. The second-order valence-corrected chi connectivity index (χ2v) is 6.69. The highest BCUT2D eigenvalue weighted by molar-refractivity contribution is 14.0. The van der Waals surface area contributed by atoms with E-state index < -0.39 is 0 Å². The molecule has 0 saturated carbocycles. The quantitative estimate of drug-likeness (QED) is 0.268. The van der Waals surface area contributed by atoms with Gasteiger partial charge in [0.1, 0.15) is 5.75 Å². The predicted octanol–water partition coefficient (Wildman–Crippen LogP) is 3.23. The molecular weight excluding hydrogens is 479 g/mol. The number of benzene rings is 2. The van der Waals surface area contributed by atoms with Gasteiger partial charge in [0.2, 0.25) is 0 Å². The molecule has 0 aliphatic carbocycles. The third-order valence-corrected chi connectivity index (χ3v) is 4.85. The van der Waals surface area contributed by atoms with Crippen molar-refractivity contribution in [3.63, 3.8) is 0 Å². The third kappa shape index (κ3) is 7.08. The topological polar surface area (TPSA) is 49.3 Å². The Labute approximate surface area is 190 Å². The van der Waals surface area contributed by atoms with Gasteiger partial charge >= 0.3 is 0 Å². The van der Waals surface area contributed by atoms with E-state index in [1.54, 1.807) is 7.11 Å². The number of rotatable bonds is 7. The van der Waals surface area contributed by atoms with Gasteiger partial charge in [-0.15, -0.1) is 24.0 Å². The molecule has 1 heterocycles. The van der Waals surface area contributed by atoms with Gasteiger partial charge in [0, 0.05) is 51.5 Å². The molecule has 29 heavy (non-hydrogen) atoms. The first-order chi connectivity index (χ1) is 13.8. The Balaban J connectivity index is 0.00000300. The Hall–Kier alpha value is -2.00. The number of nitrogens with zero attached hydrogens (tertiary/aromatic N) is 3. The fraction of sp³-hybridized carbons (Fsp3) is 0.409. The normalized spacial score (nSPS) is 14.3. The van der Waals surface area contributed by atoms with Crippen LogP contribution in [0.15, 0.2) is 59.6 Å². The molecule has 1 fully saturated rings. The van der Waals surface area contributed by atoms with Crippen LogP contribution in [0.3, 0.4) is 0 Å². The number of nitrogens with one attached hydrogen (secondary N) is 1. The van der Waals surface area contributed by atoms with Crippen LogP contribution in [-0.4, -0.2) is 64.3 Å². The maximum atomic E-state index is 5.74. The number of aliphatic imine (C=N–C) groups is 1. The van der Waals surface area contributed by atoms with Gasteiger partial charge in [0.05, 0.1) is 20.3 Å². The van der Waals surface area contributed by atoms with Crippen LogP contribution in [-0.2, 0) is 11.3 Å². The molecule has 0 aromatic heterocycles. The van der Waals surface area contributed by atoms with E-state index >= 15 is 0 Å². The Morgan fingerprint density at radius 1 is 1.03 bits per heavy atom. The zero-order valence-electron chi connectivity index (χ0n) is 17.2. The second-order valence-electron chi connectivity index (χ2n) is 6.69. The van der Waals surface area contributed by atoms with Crippen LogP contribution in [0.1, 0.15) is 5.56 Å². The molecule has 1 saturated heterocycles. The summed E-state index contributed by atoms with van der Waals surface area (Å²) in [5, 5.41) is 3.41. The Morgan fingerprint density at radius 2 is 1.79 bits per heavy atom. The molecule has 0 spiro atoms. The Kier molecular flexibility index (Phi) is 10.1. The molecule has 2 aromatic rings. The van der Waals surface area contributed by atoms with Crippen molar-refractivity contribution < 1.29 is 9.47 Å². The summed E-state index contributed by atoms with van der Waals surface area (Å²) in [4.78, 5) is 9.11. The summed E-state index contributed by atoms with van der Waals surface area (Å²) in [7, 11) is 3.54. The smallest absolute Gasteiger partial charge is 0.193 e. The van der Waals surface area contributed by atoms with E-state index in [4.69, 9.17) is 9.47 Å². The van der Waals surface area contributed by atoms with Gasteiger partial charge in [0.25, 0.3) is 0 Å². The van der Waals surface area contributed by atoms with E-state index in [2.05, 4.69) is 44.4 Å². The highest BCUT2D eigenvalue weighted by Crippen LogP contribution is 2.22. The van der Waals surface area contributed by atoms with Crippen LogP contribution >= 0.6 is 24.0 Å². The van der Waals surface area contributed by atoms with Crippen molar-refractivity contribution in [2.45, 2.75) is 6.61 Å². The second kappa shape index (κ2) is 12.5. The number of anilines is 1. The van der Waals surface area contributed by atoms with Gasteiger partial charge in [-0.2, -0.15) is 0 Å². The summed E-state index contributed by atoms with van der Waals surface area (Å²) in [6.07, 6.45) is 0. The number of piperazine rings is 1. The molecular formula is C22H31IN4O2. The summed E-state index contributed by atoms with van der Waals surface area (Å²) in [6, 6.07) is 18.5. The average molecular weight is 510 g/mol. The van der Waals surface area contributed by atoms with Crippen molar-refractivity contribution in [2.24, 2.45) is 4.99 Å². The first-order valence-electron chi connectivity index (χ1n) is 9.76. The van der Waals surface area contributed by atoms with Crippen molar-refractivity contribution in [1.82, 2.24) is 10.2 Å². The lowest BCUT2D eigenvalue weighted by Crippen LogP contribution is -2.53. The number of hydrogen-bond acceptors (Lipinski definition) is 4. The van der Waals surface area contributed by atoms with Crippen molar-refractivity contribution in [2.75, 3.05) is 58.4 Å². The lowest BCUT2D eigenvalue weighted by atomic mass is 10.2. The van der Waals surface area contributed by atoms with Crippen LogP contribution in [0, 0.1) is 0 Å². The van der Waals surface area contributed by atoms with Gasteiger partial charge in [-0.05, 0) is 17.7 Å². The van der Waals surface area contributed by atoms with E-state index in [-0.39, 0.29) is 24.0 Å². The molecule has 1 N–H and O–H groups in total. The highest BCUT2D eigenvalue weighted by Gasteiger charge is 2.19.